The Morgan fingerprint density at radius 1 is 0.750 bits per heavy atom. The predicted octanol–water partition coefficient (Wildman–Crippen LogP) is -2.21. The van der Waals surface area contributed by atoms with Gasteiger partial charge in [0.2, 0.25) is 17.7 Å². The summed E-state index contributed by atoms with van der Waals surface area (Å²) in [5.41, 5.74) is 4.89. The lowest BCUT2D eigenvalue weighted by molar-refractivity contribution is -0.127. The van der Waals surface area contributed by atoms with Crippen molar-refractivity contribution in [1.82, 2.24) is 10.6 Å². The molecule has 4 N–H and O–H groups in total. The molecule has 0 aliphatic heterocycles. The predicted molar refractivity (Wildman–Crippen MR) is 84.2 cm³/mol. The van der Waals surface area contributed by atoms with E-state index in [-0.39, 0.29) is 31.6 Å². The highest BCUT2D eigenvalue weighted by Gasteiger charge is 2.01. The van der Waals surface area contributed by atoms with Crippen molar-refractivity contribution in [3.8, 4) is 0 Å². The fourth-order valence-electron chi connectivity index (χ4n) is 1.39. The first-order chi connectivity index (χ1) is 11.5. The Kier molecular flexibility index (Phi) is 14.9. The normalized spacial score (nSPS) is 10.4. The standard InChI is InChI=1S/C14H27N3O7/c1-12(18)16-2-4-21-7-9-24-11-14(20)17-3-5-22-6-8-23-10-13(15)19/h2-11H2,1H3,(H2,15,19)(H,16,18)(H,17,20). The first-order valence-corrected chi connectivity index (χ1v) is 7.62. The molecule has 0 spiro atoms. The maximum atomic E-state index is 11.4. The summed E-state index contributed by atoms with van der Waals surface area (Å²) in [6.07, 6.45) is 0. The van der Waals surface area contributed by atoms with E-state index in [0.717, 1.165) is 0 Å². The average molecular weight is 349 g/mol. The summed E-state index contributed by atoms with van der Waals surface area (Å²) in [5, 5.41) is 5.22. The van der Waals surface area contributed by atoms with Gasteiger partial charge < -0.3 is 35.3 Å². The number of hydrogen-bond donors (Lipinski definition) is 3. The summed E-state index contributed by atoms with van der Waals surface area (Å²) in [5.74, 6) is -0.879. The first-order valence-electron chi connectivity index (χ1n) is 7.62. The second-order valence-corrected chi connectivity index (χ2v) is 4.63. The minimum absolute atomic E-state index is 0.0588. The van der Waals surface area contributed by atoms with Crippen LogP contribution in [0.2, 0.25) is 0 Å². The minimum atomic E-state index is -0.527. The fourth-order valence-corrected chi connectivity index (χ4v) is 1.39. The first kappa shape index (κ1) is 22.2. The summed E-state index contributed by atoms with van der Waals surface area (Å²) in [6, 6.07) is 0. The van der Waals surface area contributed by atoms with Crippen LogP contribution in [0.15, 0.2) is 0 Å². The molecule has 0 heterocycles. The van der Waals surface area contributed by atoms with Gasteiger partial charge in [-0.05, 0) is 0 Å². The highest BCUT2D eigenvalue weighted by molar-refractivity contribution is 5.77. The molecule has 10 nitrogen and oxygen atoms in total. The van der Waals surface area contributed by atoms with E-state index in [9.17, 15) is 14.4 Å². The lowest BCUT2D eigenvalue weighted by Crippen LogP contribution is -2.31. The molecular formula is C14H27N3O7. The Morgan fingerprint density at radius 2 is 1.25 bits per heavy atom. The van der Waals surface area contributed by atoms with Crippen LogP contribution in [0.4, 0.5) is 0 Å². The van der Waals surface area contributed by atoms with E-state index in [4.69, 9.17) is 24.7 Å². The van der Waals surface area contributed by atoms with Gasteiger partial charge in [-0.1, -0.05) is 0 Å². The van der Waals surface area contributed by atoms with E-state index >= 15 is 0 Å². The molecule has 0 rings (SSSR count). The molecule has 0 radical (unpaired) electrons. The molecule has 140 valence electrons. The molecule has 24 heavy (non-hydrogen) atoms. The summed E-state index contributed by atoms with van der Waals surface area (Å²) in [6.45, 7) is 4.00. The van der Waals surface area contributed by atoms with E-state index in [1.54, 1.807) is 0 Å². The van der Waals surface area contributed by atoms with Gasteiger partial charge in [0.15, 0.2) is 0 Å². The molecule has 0 aliphatic rings. The zero-order chi connectivity index (χ0) is 18.0. The van der Waals surface area contributed by atoms with Crippen molar-refractivity contribution in [1.29, 1.82) is 0 Å². The van der Waals surface area contributed by atoms with Crippen molar-refractivity contribution < 1.29 is 33.3 Å². The van der Waals surface area contributed by atoms with Crippen molar-refractivity contribution >= 4 is 17.7 Å². The number of amides is 3. The van der Waals surface area contributed by atoms with Gasteiger partial charge in [0.1, 0.15) is 13.2 Å². The Labute approximate surface area is 141 Å². The molecule has 0 fully saturated rings. The molecule has 0 saturated heterocycles. The minimum Gasteiger partial charge on any atom is -0.377 e. The van der Waals surface area contributed by atoms with Crippen molar-refractivity contribution in [3.63, 3.8) is 0 Å². The van der Waals surface area contributed by atoms with Crippen LogP contribution in [0, 0.1) is 0 Å². The number of carbonyl (C=O) groups excluding carboxylic acids is 3. The van der Waals surface area contributed by atoms with E-state index in [2.05, 4.69) is 10.6 Å². The van der Waals surface area contributed by atoms with Crippen molar-refractivity contribution in [2.75, 3.05) is 65.9 Å². The Hall–Kier alpha value is -1.75. The van der Waals surface area contributed by atoms with Gasteiger partial charge in [-0.2, -0.15) is 0 Å². The topological polar surface area (TPSA) is 138 Å². The number of rotatable bonds is 16. The molecule has 0 aromatic carbocycles. The van der Waals surface area contributed by atoms with Crippen LogP contribution in [-0.4, -0.2) is 83.7 Å². The number of hydrogen-bond acceptors (Lipinski definition) is 7. The molecule has 0 unspecified atom stereocenters. The number of nitrogens with two attached hydrogens (primary N) is 1. The third-order valence-corrected chi connectivity index (χ3v) is 2.41. The summed E-state index contributed by atoms with van der Waals surface area (Å²) >= 11 is 0. The number of ether oxygens (including phenoxy) is 4. The molecule has 0 atom stereocenters. The van der Waals surface area contributed by atoms with Crippen LogP contribution < -0.4 is 16.4 Å². The zero-order valence-electron chi connectivity index (χ0n) is 14.0. The largest absolute Gasteiger partial charge is 0.377 e. The Balaban J connectivity index is 3.21. The molecule has 0 saturated carbocycles. The van der Waals surface area contributed by atoms with Gasteiger partial charge in [0.05, 0.1) is 39.6 Å². The van der Waals surface area contributed by atoms with Gasteiger partial charge in [0, 0.05) is 20.0 Å². The quantitative estimate of drug-likeness (QED) is 0.269. The second-order valence-electron chi connectivity index (χ2n) is 4.63. The van der Waals surface area contributed by atoms with E-state index in [0.29, 0.717) is 46.1 Å². The monoisotopic (exact) mass is 349 g/mol. The SMILES string of the molecule is CC(=O)NCCOCCOCC(=O)NCCOCCOCC(N)=O. The summed E-state index contributed by atoms with van der Waals surface area (Å²) in [4.78, 5) is 32.4. The van der Waals surface area contributed by atoms with Gasteiger partial charge in [0.25, 0.3) is 0 Å². The molecule has 10 heteroatoms. The molecule has 0 aliphatic carbocycles. The highest BCUT2D eigenvalue weighted by atomic mass is 16.5. The number of carbonyl (C=O) groups is 3. The highest BCUT2D eigenvalue weighted by Crippen LogP contribution is 1.81. The van der Waals surface area contributed by atoms with Gasteiger partial charge in [-0.25, -0.2) is 0 Å². The fraction of sp³-hybridized carbons (Fsp3) is 0.786. The van der Waals surface area contributed by atoms with Crippen LogP contribution >= 0.6 is 0 Å². The van der Waals surface area contributed by atoms with Crippen LogP contribution in [0.25, 0.3) is 0 Å². The average Bonchev–Trinajstić information content (AvgIpc) is 2.51. The Morgan fingerprint density at radius 3 is 1.79 bits per heavy atom. The smallest absolute Gasteiger partial charge is 0.246 e. The van der Waals surface area contributed by atoms with Crippen LogP contribution in [0.1, 0.15) is 6.92 Å². The maximum absolute atomic E-state index is 11.4. The summed E-state index contributed by atoms with van der Waals surface area (Å²) < 4.78 is 20.4. The Bertz CT molecular complexity index is 334. The van der Waals surface area contributed by atoms with Gasteiger partial charge in [-0.3, -0.25) is 14.4 Å². The van der Waals surface area contributed by atoms with Crippen molar-refractivity contribution in [2.45, 2.75) is 6.92 Å². The van der Waals surface area contributed by atoms with E-state index in [1.807, 2.05) is 0 Å². The van der Waals surface area contributed by atoms with Crippen LogP contribution in [-0.2, 0) is 33.3 Å². The summed E-state index contributed by atoms with van der Waals surface area (Å²) in [7, 11) is 0. The van der Waals surface area contributed by atoms with Crippen LogP contribution in [0.5, 0.6) is 0 Å². The molecule has 0 aromatic rings. The third-order valence-electron chi connectivity index (χ3n) is 2.41. The third kappa shape index (κ3) is 18.3. The van der Waals surface area contributed by atoms with E-state index < -0.39 is 5.91 Å². The number of nitrogens with one attached hydrogen (secondary N) is 2. The van der Waals surface area contributed by atoms with Crippen molar-refractivity contribution in [3.05, 3.63) is 0 Å². The second kappa shape index (κ2) is 16.1. The molecule has 0 aromatic heterocycles. The lowest BCUT2D eigenvalue weighted by Gasteiger charge is -2.08. The maximum Gasteiger partial charge on any atom is 0.246 e. The molecular weight excluding hydrogens is 322 g/mol. The molecule has 0 bridgehead atoms. The number of primary amides is 1. The zero-order valence-corrected chi connectivity index (χ0v) is 14.0. The van der Waals surface area contributed by atoms with E-state index in [1.165, 1.54) is 6.92 Å². The lowest BCUT2D eigenvalue weighted by atomic mass is 10.5. The van der Waals surface area contributed by atoms with Crippen LogP contribution in [0.3, 0.4) is 0 Å². The molecule has 3 amide bonds. The van der Waals surface area contributed by atoms with Gasteiger partial charge in [-0.15, -0.1) is 0 Å². The van der Waals surface area contributed by atoms with Gasteiger partial charge >= 0.3 is 0 Å². The van der Waals surface area contributed by atoms with Crippen molar-refractivity contribution in [2.24, 2.45) is 5.73 Å².